The number of nitrogens with zero attached hydrogens (tertiary/aromatic N) is 8. The first kappa shape index (κ1) is 25.4. The van der Waals surface area contributed by atoms with E-state index in [1.807, 2.05) is 0 Å². The van der Waals surface area contributed by atoms with Crippen molar-refractivity contribution in [3.05, 3.63) is 88.2 Å². The summed E-state index contributed by atoms with van der Waals surface area (Å²) < 4.78 is 37.4. The number of ether oxygens (including phenoxy) is 1. The van der Waals surface area contributed by atoms with Gasteiger partial charge in [0.05, 0.1) is 28.6 Å². The first-order valence-electron chi connectivity index (χ1n) is 12.8. The second-order valence-electron chi connectivity index (χ2n) is 10.2. The highest BCUT2D eigenvalue weighted by atomic mass is 35.5. The van der Waals surface area contributed by atoms with Crippen LogP contribution >= 0.6 is 11.6 Å². The van der Waals surface area contributed by atoms with Gasteiger partial charge in [0.1, 0.15) is 25.4 Å². The molecule has 0 bridgehead atoms. The van der Waals surface area contributed by atoms with E-state index in [1.165, 1.54) is 41.6 Å². The molecule has 3 aliphatic rings. The Balaban J connectivity index is 1.19. The molecule has 2 atom stereocenters. The van der Waals surface area contributed by atoms with Gasteiger partial charge in [0.15, 0.2) is 17.3 Å². The monoisotopic (exact) mass is 575 g/mol. The lowest BCUT2D eigenvalue weighted by Gasteiger charge is -2.33. The number of hydrogen-bond acceptors (Lipinski definition) is 7. The van der Waals surface area contributed by atoms with Crippen molar-refractivity contribution in [3.63, 3.8) is 0 Å². The van der Waals surface area contributed by atoms with Crippen molar-refractivity contribution in [3.8, 4) is 16.9 Å². The lowest BCUT2D eigenvalue weighted by atomic mass is 9.91. The van der Waals surface area contributed by atoms with Crippen molar-refractivity contribution in [2.45, 2.75) is 36.9 Å². The molecular formula is C27H20ClF2N9O2. The summed E-state index contributed by atoms with van der Waals surface area (Å²) in [6, 6.07) is 3.97. The Hall–Kier alpha value is -4.54. The van der Waals surface area contributed by atoms with Gasteiger partial charge in [-0.2, -0.15) is 4.68 Å². The van der Waals surface area contributed by atoms with Crippen molar-refractivity contribution in [1.82, 2.24) is 40.1 Å². The Bertz CT molecular complexity index is 1760. The normalized spacial score (nSPS) is 21.3. The van der Waals surface area contributed by atoms with Gasteiger partial charge in [0, 0.05) is 29.4 Å². The van der Waals surface area contributed by atoms with Gasteiger partial charge in [0.2, 0.25) is 5.91 Å². The summed E-state index contributed by atoms with van der Waals surface area (Å²) in [6.07, 6.45) is 7.41. The zero-order valence-electron chi connectivity index (χ0n) is 21.3. The molecule has 0 unspecified atom stereocenters. The highest BCUT2D eigenvalue weighted by Crippen LogP contribution is 2.44. The van der Waals surface area contributed by atoms with E-state index in [2.05, 4.69) is 35.3 Å². The molecule has 1 N–H and O–H groups in total. The molecule has 1 aromatic carbocycles. The van der Waals surface area contributed by atoms with Crippen LogP contribution in [0.4, 0.5) is 8.78 Å². The summed E-state index contributed by atoms with van der Waals surface area (Å²) in [5.74, 6) is -1.03. The standard InChI is InChI=1S/C27H20ClF2N9O2/c1-31-27(11-41-12-27)25-23(29)16(6-7-32-25)18-10-33-26(35-18)20-4-2-15-8-14(9-21(40)39(15)20)22-19(38-13-34-36-37-38)5-3-17(28)24(22)30/h3,5-7,9-10,13,15,20H,2,4,8,11-12H2,(H,33,35)/t15-,20+/m1/s1. The van der Waals surface area contributed by atoms with Crippen LogP contribution in [0.1, 0.15) is 42.4 Å². The molecule has 4 aromatic rings. The van der Waals surface area contributed by atoms with Crippen LogP contribution < -0.4 is 0 Å². The molecule has 3 aromatic heterocycles. The number of pyridine rings is 1. The zero-order valence-corrected chi connectivity index (χ0v) is 22.0. The Morgan fingerprint density at radius 3 is 2.76 bits per heavy atom. The number of benzene rings is 1. The van der Waals surface area contributed by atoms with Crippen molar-refractivity contribution in [2.75, 3.05) is 13.2 Å². The number of rotatable bonds is 5. The Morgan fingerprint density at radius 2 is 2.02 bits per heavy atom. The van der Waals surface area contributed by atoms with Crippen LogP contribution in [-0.4, -0.2) is 65.2 Å². The highest BCUT2D eigenvalue weighted by molar-refractivity contribution is 6.31. The molecule has 41 heavy (non-hydrogen) atoms. The number of imidazole rings is 1. The van der Waals surface area contributed by atoms with Gasteiger partial charge in [-0.1, -0.05) is 11.6 Å². The Morgan fingerprint density at radius 1 is 1.17 bits per heavy atom. The van der Waals surface area contributed by atoms with E-state index in [0.717, 1.165) is 0 Å². The van der Waals surface area contributed by atoms with Gasteiger partial charge in [-0.05, 0) is 53.5 Å². The Kier molecular flexibility index (Phi) is 5.91. The summed E-state index contributed by atoms with van der Waals surface area (Å²) in [7, 11) is 0. The lowest BCUT2D eigenvalue weighted by Crippen LogP contribution is -2.45. The van der Waals surface area contributed by atoms with Crippen LogP contribution in [0.3, 0.4) is 0 Å². The van der Waals surface area contributed by atoms with Gasteiger partial charge in [-0.25, -0.2) is 25.3 Å². The molecule has 7 rings (SSSR count). The van der Waals surface area contributed by atoms with Gasteiger partial charge in [-0.3, -0.25) is 9.64 Å². The molecule has 0 aliphatic carbocycles. The molecule has 11 nitrogen and oxygen atoms in total. The summed E-state index contributed by atoms with van der Waals surface area (Å²) in [6.45, 7) is 7.69. The fraction of sp³-hybridized carbons (Fsp3) is 0.296. The Labute approximate surface area is 236 Å². The molecule has 206 valence electrons. The van der Waals surface area contributed by atoms with Crippen LogP contribution in [-0.2, 0) is 15.1 Å². The molecule has 0 spiro atoms. The molecule has 1 amide bonds. The number of hydrogen-bond donors (Lipinski definition) is 1. The number of aromatic amines is 1. The van der Waals surface area contributed by atoms with Gasteiger partial charge in [-0.15, -0.1) is 5.10 Å². The second kappa shape index (κ2) is 9.53. The minimum Gasteiger partial charge on any atom is -0.363 e. The summed E-state index contributed by atoms with van der Waals surface area (Å²) >= 11 is 6.11. The summed E-state index contributed by atoms with van der Waals surface area (Å²) in [5.41, 5.74) is 0.628. The molecule has 6 heterocycles. The largest absolute Gasteiger partial charge is 0.363 e. The van der Waals surface area contributed by atoms with E-state index in [9.17, 15) is 4.79 Å². The highest BCUT2D eigenvalue weighted by Gasteiger charge is 2.51. The maximum atomic E-state index is 15.5. The predicted octanol–water partition coefficient (Wildman–Crippen LogP) is 4.04. The fourth-order valence-corrected chi connectivity index (χ4v) is 6.03. The van der Waals surface area contributed by atoms with Crippen molar-refractivity contribution >= 4 is 23.1 Å². The van der Waals surface area contributed by atoms with E-state index >= 15 is 8.78 Å². The van der Waals surface area contributed by atoms with Gasteiger partial charge < -0.3 is 14.6 Å². The quantitative estimate of drug-likeness (QED) is 0.357. The molecule has 0 radical (unpaired) electrons. The number of carbonyl (C=O) groups is 1. The average Bonchev–Trinajstić information content (AvgIpc) is 3.72. The minimum absolute atomic E-state index is 0.0477. The summed E-state index contributed by atoms with van der Waals surface area (Å²) in [5, 5.41) is 11.1. The number of aromatic nitrogens is 7. The molecule has 14 heteroatoms. The van der Waals surface area contributed by atoms with Gasteiger partial charge in [0.25, 0.3) is 0 Å². The van der Waals surface area contributed by atoms with E-state index in [4.69, 9.17) is 22.9 Å². The fourth-order valence-electron chi connectivity index (χ4n) is 5.87. The first-order chi connectivity index (χ1) is 19.9. The molecule has 3 aliphatic heterocycles. The van der Waals surface area contributed by atoms with Crippen molar-refractivity contribution in [1.29, 1.82) is 0 Å². The number of amides is 1. The molecular weight excluding hydrogens is 556 g/mol. The SMILES string of the molecule is [C-]#[N+]C1(c2nccc(-c3cnc([C@@H]4CC[C@@H]5CC(c6c(-n7cnnn7)ccc(Cl)c6F)=CC(=O)N54)[nH]3)c2F)COC1. The lowest BCUT2D eigenvalue weighted by molar-refractivity contribution is -0.129. The van der Waals surface area contributed by atoms with Crippen LogP contribution in [0, 0.1) is 18.2 Å². The number of halogens is 3. The van der Waals surface area contributed by atoms with E-state index in [0.29, 0.717) is 42.0 Å². The first-order valence-corrected chi connectivity index (χ1v) is 13.2. The van der Waals surface area contributed by atoms with Crippen LogP contribution in [0.2, 0.25) is 5.02 Å². The maximum Gasteiger partial charge on any atom is 0.322 e. The topological polar surface area (TPSA) is 119 Å². The third kappa shape index (κ3) is 3.93. The number of H-pyrrole nitrogens is 1. The third-order valence-corrected chi connectivity index (χ3v) is 8.22. The maximum absolute atomic E-state index is 15.5. The van der Waals surface area contributed by atoms with E-state index in [-0.39, 0.29) is 53.0 Å². The molecule has 2 saturated heterocycles. The number of nitrogens with one attached hydrogen (secondary N) is 1. The minimum atomic E-state index is -1.13. The average molecular weight is 576 g/mol. The van der Waals surface area contributed by atoms with Gasteiger partial charge >= 0.3 is 5.54 Å². The van der Waals surface area contributed by atoms with E-state index < -0.39 is 17.2 Å². The number of fused-ring (bicyclic) bond motifs is 1. The van der Waals surface area contributed by atoms with E-state index in [1.54, 1.807) is 11.0 Å². The summed E-state index contributed by atoms with van der Waals surface area (Å²) in [4.78, 5) is 30.6. The predicted molar refractivity (Wildman–Crippen MR) is 140 cm³/mol. The van der Waals surface area contributed by atoms with Crippen LogP contribution in [0.25, 0.3) is 27.4 Å². The zero-order chi connectivity index (χ0) is 28.3. The van der Waals surface area contributed by atoms with Crippen molar-refractivity contribution in [2.24, 2.45) is 0 Å². The molecule has 2 fully saturated rings. The second-order valence-corrected chi connectivity index (χ2v) is 10.6. The number of carbonyl (C=O) groups excluding carboxylic acids is 1. The molecule has 0 saturated carbocycles. The smallest absolute Gasteiger partial charge is 0.322 e. The van der Waals surface area contributed by atoms with Crippen LogP contribution in [0.5, 0.6) is 0 Å². The third-order valence-electron chi connectivity index (χ3n) is 7.93. The van der Waals surface area contributed by atoms with Crippen molar-refractivity contribution < 1.29 is 18.3 Å². The number of tetrazole rings is 1. The van der Waals surface area contributed by atoms with Crippen LogP contribution in [0.15, 0.2) is 43.0 Å².